The van der Waals surface area contributed by atoms with Gasteiger partial charge in [0.05, 0.1) is 0 Å². The highest BCUT2D eigenvalue weighted by atomic mass is 19.1. The Morgan fingerprint density at radius 3 is 2.33 bits per heavy atom. The number of amides is 2. The van der Waals surface area contributed by atoms with Gasteiger partial charge < -0.3 is 4.90 Å². The lowest BCUT2D eigenvalue weighted by Crippen LogP contribution is -2.42. The van der Waals surface area contributed by atoms with Gasteiger partial charge >= 0.3 is 0 Å². The summed E-state index contributed by atoms with van der Waals surface area (Å²) in [7, 11) is 1.65. The molecular formula is C21H25FN2O3. The van der Waals surface area contributed by atoms with Crippen LogP contribution in [0.5, 0.6) is 0 Å². The molecule has 2 aromatic rings. The zero-order valence-electron chi connectivity index (χ0n) is 15.4. The molecule has 0 bridgehead atoms. The van der Waals surface area contributed by atoms with E-state index in [1.54, 1.807) is 12.5 Å². The van der Waals surface area contributed by atoms with Gasteiger partial charge in [-0.15, -0.1) is 0 Å². The summed E-state index contributed by atoms with van der Waals surface area (Å²) in [5.41, 5.74) is 3.46. The van der Waals surface area contributed by atoms with Crippen LogP contribution in [0.2, 0.25) is 0 Å². The van der Waals surface area contributed by atoms with Crippen molar-refractivity contribution in [2.75, 3.05) is 13.6 Å². The van der Waals surface area contributed by atoms with Crippen LogP contribution in [-0.2, 0) is 22.4 Å². The van der Waals surface area contributed by atoms with Gasteiger partial charge in [0, 0.05) is 13.6 Å². The minimum absolute atomic E-state index is 0.0971. The molecule has 0 aromatic heterocycles. The Labute approximate surface area is 158 Å². The average molecular weight is 372 g/mol. The van der Waals surface area contributed by atoms with Gasteiger partial charge in [0.15, 0.2) is 0 Å². The fraction of sp³-hybridized carbons (Fsp3) is 0.333. The first-order valence-corrected chi connectivity index (χ1v) is 8.98. The van der Waals surface area contributed by atoms with E-state index in [9.17, 15) is 14.0 Å². The maximum atomic E-state index is 13.0. The fourth-order valence-corrected chi connectivity index (χ4v) is 2.93. The lowest BCUT2D eigenvalue weighted by Gasteiger charge is -2.22. The van der Waals surface area contributed by atoms with E-state index in [1.165, 1.54) is 34.7 Å². The molecule has 2 amide bonds. The lowest BCUT2D eigenvalue weighted by molar-refractivity contribution is -0.145. The Hall–Kier alpha value is -2.73. The molecule has 144 valence electrons. The molecule has 0 saturated heterocycles. The Kier molecular flexibility index (Phi) is 7.95. The second-order valence-electron chi connectivity index (χ2n) is 6.56. The molecule has 5 nitrogen and oxygen atoms in total. The normalized spacial score (nSPS) is 11.7. The SMILES string of the molecule is CN(CCCCc1ccccc1)C(=O)C(Cc1ccc(F)cc1)C(=O)NO. The van der Waals surface area contributed by atoms with Gasteiger partial charge in [-0.25, -0.2) is 9.87 Å². The number of benzene rings is 2. The number of halogens is 1. The molecule has 0 fully saturated rings. The van der Waals surface area contributed by atoms with Crippen LogP contribution in [0.4, 0.5) is 4.39 Å². The first kappa shape index (κ1) is 20.6. The molecule has 1 unspecified atom stereocenters. The minimum Gasteiger partial charge on any atom is -0.345 e. The van der Waals surface area contributed by atoms with E-state index in [4.69, 9.17) is 5.21 Å². The monoisotopic (exact) mass is 372 g/mol. The molecular weight excluding hydrogens is 347 g/mol. The Morgan fingerprint density at radius 2 is 1.70 bits per heavy atom. The molecule has 0 heterocycles. The van der Waals surface area contributed by atoms with Crippen molar-refractivity contribution in [1.29, 1.82) is 0 Å². The summed E-state index contributed by atoms with van der Waals surface area (Å²) in [6.07, 6.45) is 2.76. The molecule has 0 saturated carbocycles. The van der Waals surface area contributed by atoms with Crippen LogP contribution in [0.3, 0.4) is 0 Å². The molecule has 0 aliphatic carbocycles. The molecule has 0 aliphatic heterocycles. The molecule has 1 atom stereocenters. The number of hydrogen-bond donors (Lipinski definition) is 2. The Bertz CT molecular complexity index is 735. The van der Waals surface area contributed by atoms with Gasteiger partial charge in [0.1, 0.15) is 11.7 Å². The maximum Gasteiger partial charge on any atom is 0.256 e. The first-order chi connectivity index (χ1) is 13.0. The van der Waals surface area contributed by atoms with Crippen molar-refractivity contribution in [3.05, 3.63) is 71.5 Å². The van der Waals surface area contributed by atoms with Crippen LogP contribution in [-0.4, -0.2) is 35.5 Å². The number of unbranched alkanes of at least 4 members (excludes halogenated alkanes) is 1. The van der Waals surface area contributed by atoms with Crippen molar-refractivity contribution < 1.29 is 19.2 Å². The summed E-state index contributed by atoms with van der Waals surface area (Å²) in [5, 5.41) is 8.97. The third kappa shape index (κ3) is 6.49. The van der Waals surface area contributed by atoms with Crippen molar-refractivity contribution >= 4 is 11.8 Å². The third-order valence-electron chi connectivity index (χ3n) is 4.51. The molecule has 0 radical (unpaired) electrons. The van der Waals surface area contributed by atoms with Crippen molar-refractivity contribution in [1.82, 2.24) is 10.4 Å². The van der Waals surface area contributed by atoms with Crippen LogP contribution in [0, 0.1) is 11.7 Å². The number of rotatable bonds is 9. The van der Waals surface area contributed by atoms with E-state index in [1.807, 2.05) is 18.2 Å². The number of carbonyl (C=O) groups is 2. The fourth-order valence-electron chi connectivity index (χ4n) is 2.93. The lowest BCUT2D eigenvalue weighted by atomic mass is 9.97. The van der Waals surface area contributed by atoms with Crippen molar-refractivity contribution in [2.45, 2.75) is 25.7 Å². The second-order valence-corrected chi connectivity index (χ2v) is 6.56. The van der Waals surface area contributed by atoms with E-state index in [2.05, 4.69) is 12.1 Å². The Morgan fingerprint density at radius 1 is 1.04 bits per heavy atom. The minimum atomic E-state index is -1.06. The van der Waals surface area contributed by atoms with Crippen molar-refractivity contribution in [3.8, 4) is 0 Å². The van der Waals surface area contributed by atoms with E-state index >= 15 is 0 Å². The van der Waals surface area contributed by atoms with Crippen molar-refractivity contribution in [2.24, 2.45) is 5.92 Å². The quantitative estimate of drug-likeness (QED) is 0.308. The summed E-state index contributed by atoms with van der Waals surface area (Å²) in [5.74, 6) is -2.57. The molecule has 0 aliphatic rings. The van der Waals surface area contributed by atoms with Gasteiger partial charge in [0.25, 0.3) is 5.91 Å². The molecule has 2 rings (SSSR count). The van der Waals surface area contributed by atoms with Crippen LogP contribution in [0.25, 0.3) is 0 Å². The van der Waals surface area contributed by atoms with Gasteiger partial charge in [-0.05, 0) is 48.9 Å². The molecule has 2 aromatic carbocycles. The molecule has 6 heteroatoms. The first-order valence-electron chi connectivity index (χ1n) is 8.98. The smallest absolute Gasteiger partial charge is 0.256 e. The third-order valence-corrected chi connectivity index (χ3v) is 4.51. The maximum absolute atomic E-state index is 13.0. The van der Waals surface area contributed by atoms with Crippen molar-refractivity contribution in [3.63, 3.8) is 0 Å². The number of hydrogen-bond acceptors (Lipinski definition) is 3. The van der Waals surface area contributed by atoms with E-state index in [-0.39, 0.29) is 18.1 Å². The number of nitrogens with zero attached hydrogens (tertiary/aromatic N) is 1. The average Bonchev–Trinajstić information content (AvgIpc) is 2.70. The highest BCUT2D eigenvalue weighted by Crippen LogP contribution is 2.14. The topological polar surface area (TPSA) is 69.6 Å². The van der Waals surface area contributed by atoms with Gasteiger partial charge in [-0.2, -0.15) is 0 Å². The summed E-state index contributed by atoms with van der Waals surface area (Å²) in [4.78, 5) is 26.1. The van der Waals surface area contributed by atoms with Crippen LogP contribution < -0.4 is 5.48 Å². The van der Waals surface area contributed by atoms with E-state index in [0.29, 0.717) is 12.1 Å². The number of carbonyl (C=O) groups excluding carboxylic acids is 2. The zero-order valence-corrected chi connectivity index (χ0v) is 15.4. The largest absolute Gasteiger partial charge is 0.345 e. The highest BCUT2D eigenvalue weighted by molar-refractivity contribution is 6.00. The zero-order chi connectivity index (χ0) is 19.6. The summed E-state index contributed by atoms with van der Waals surface area (Å²) in [6.45, 7) is 0.518. The van der Waals surface area contributed by atoms with Crippen LogP contribution >= 0.6 is 0 Å². The summed E-state index contributed by atoms with van der Waals surface area (Å²) in [6, 6.07) is 15.7. The molecule has 2 N–H and O–H groups in total. The predicted molar refractivity (Wildman–Crippen MR) is 101 cm³/mol. The van der Waals surface area contributed by atoms with Gasteiger partial charge in [0.2, 0.25) is 5.91 Å². The molecule has 0 spiro atoms. The standard InChI is InChI=1S/C21H25FN2O3/c1-24(14-6-5-9-16-7-3-2-4-8-16)21(26)19(20(25)23-27)15-17-10-12-18(22)13-11-17/h2-4,7-8,10-13,19,27H,5-6,9,14-15H2,1H3,(H,23,25). The van der Waals surface area contributed by atoms with E-state index < -0.39 is 11.8 Å². The molecule has 27 heavy (non-hydrogen) atoms. The Balaban J connectivity index is 1.89. The van der Waals surface area contributed by atoms with Crippen LogP contribution in [0.1, 0.15) is 24.0 Å². The van der Waals surface area contributed by atoms with E-state index in [0.717, 1.165) is 19.3 Å². The van der Waals surface area contributed by atoms with Gasteiger partial charge in [-0.3, -0.25) is 14.8 Å². The van der Waals surface area contributed by atoms with Gasteiger partial charge in [-0.1, -0.05) is 42.5 Å². The predicted octanol–water partition coefficient (Wildman–Crippen LogP) is 2.97. The summed E-state index contributed by atoms with van der Waals surface area (Å²) < 4.78 is 13.0. The number of aryl methyl sites for hydroxylation is 1. The summed E-state index contributed by atoms with van der Waals surface area (Å²) >= 11 is 0. The highest BCUT2D eigenvalue weighted by Gasteiger charge is 2.29. The number of hydroxylamine groups is 1. The number of nitrogens with one attached hydrogen (secondary N) is 1. The second kappa shape index (κ2) is 10.4. The van der Waals surface area contributed by atoms with Crippen LogP contribution in [0.15, 0.2) is 54.6 Å².